The second-order valence-corrected chi connectivity index (χ2v) is 8.02. The zero-order chi connectivity index (χ0) is 17.9. The van der Waals surface area contributed by atoms with Crippen molar-refractivity contribution in [3.63, 3.8) is 0 Å². The van der Waals surface area contributed by atoms with Gasteiger partial charge in [0.1, 0.15) is 18.0 Å². The summed E-state index contributed by atoms with van der Waals surface area (Å²) < 4.78 is 23.3. The first kappa shape index (κ1) is 19.4. The van der Waals surface area contributed by atoms with E-state index in [2.05, 4.69) is 10.6 Å². The highest BCUT2D eigenvalue weighted by atomic mass is 32.2. The number of likely N-dealkylation sites (N-methyl/N-ethyl adjacent to an activating group) is 1. The summed E-state index contributed by atoms with van der Waals surface area (Å²) in [5.41, 5.74) is 0. The molecule has 3 N–H and O–H groups in total. The van der Waals surface area contributed by atoms with Crippen LogP contribution in [0.3, 0.4) is 0 Å². The van der Waals surface area contributed by atoms with Gasteiger partial charge in [0, 0.05) is 0 Å². The van der Waals surface area contributed by atoms with Crippen LogP contribution in [0.25, 0.3) is 0 Å². The van der Waals surface area contributed by atoms with Crippen LogP contribution in [0.5, 0.6) is 0 Å². The highest BCUT2D eigenvalue weighted by Gasteiger charge is 2.45. The Balaban J connectivity index is 3.01. The highest BCUT2D eigenvalue weighted by Crippen LogP contribution is 2.19. The van der Waals surface area contributed by atoms with Crippen molar-refractivity contribution in [2.24, 2.45) is 5.92 Å². The molecule has 3 unspecified atom stereocenters. The zero-order valence-corrected chi connectivity index (χ0v) is 14.4. The van der Waals surface area contributed by atoms with E-state index < -0.39 is 57.4 Å². The van der Waals surface area contributed by atoms with Crippen LogP contribution in [0, 0.1) is 5.92 Å². The molecule has 10 heteroatoms. The number of carbonyl (C=O) groups is 3. The average molecular weight is 349 g/mol. The Morgan fingerprint density at radius 2 is 1.78 bits per heavy atom. The van der Waals surface area contributed by atoms with E-state index in [0.29, 0.717) is 0 Å². The minimum Gasteiger partial charge on any atom is -0.480 e. The van der Waals surface area contributed by atoms with Gasteiger partial charge in [0.2, 0.25) is 11.8 Å². The lowest BCUT2D eigenvalue weighted by Gasteiger charge is -2.29. The minimum absolute atomic E-state index is 0.326. The number of sulfone groups is 1. The van der Waals surface area contributed by atoms with Gasteiger partial charge >= 0.3 is 5.97 Å². The highest BCUT2D eigenvalue weighted by molar-refractivity contribution is 7.91. The summed E-state index contributed by atoms with van der Waals surface area (Å²) in [6, 6.07) is -2.96. The van der Waals surface area contributed by atoms with E-state index in [9.17, 15) is 22.8 Å². The first-order chi connectivity index (χ1) is 10.5. The molecule has 0 aromatic carbocycles. The fourth-order valence-corrected chi connectivity index (χ4v) is 3.85. The monoisotopic (exact) mass is 349 g/mol. The third-order valence-electron chi connectivity index (χ3n) is 3.75. The maximum absolute atomic E-state index is 12.6. The Bertz CT molecular complexity index is 589. The van der Waals surface area contributed by atoms with Crippen LogP contribution in [0.2, 0.25) is 0 Å². The van der Waals surface area contributed by atoms with E-state index in [-0.39, 0.29) is 5.92 Å². The van der Waals surface area contributed by atoms with Crippen LogP contribution in [0.15, 0.2) is 0 Å². The number of amides is 2. The second kappa shape index (κ2) is 7.26. The molecule has 0 saturated carbocycles. The molecule has 0 spiro atoms. The summed E-state index contributed by atoms with van der Waals surface area (Å²) in [4.78, 5) is 36.6. The first-order valence-electron chi connectivity index (χ1n) is 7.21. The maximum Gasteiger partial charge on any atom is 0.327 e. The van der Waals surface area contributed by atoms with Crippen LogP contribution < -0.4 is 10.6 Å². The molecule has 9 nitrogen and oxygen atoms in total. The van der Waals surface area contributed by atoms with Crippen LogP contribution in [-0.4, -0.2) is 73.0 Å². The third-order valence-corrected chi connectivity index (χ3v) is 5.24. The average Bonchev–Trinajstić information content (AvgIpc) is 2.78. The van der Waals surface area contributed by atoms with Crippen molar-refractivity contribution < 1.29 is 27.9 Å². The van der Waals surface area contributed by atoms with Gasteiger partial charge in [-0.2, -0.15) is 0 Å². The van der Waals surface area contributed by atoms with Crippen molar-refractivity contribution in [2.45, 2.75) is 38.9 Å². The Hall–Kier alpha value is -1.68. The number of aliphatic carboxylic acids is 1. The lowest BCUT2D eigenvalue weighted by molar-refractivity contribution is -0.149. The second-order valence-electron chi connectivity index (χ2n) is 5.94. The fraction of sp³-hybridized carbons (Fsp3) is 0.769. The van der Waals surface area contributed by atoms with Gasteiger partial charge in [0.15, 0.2) is 9.84 Å². The predicted molar refractivity (Wildman–Crippen MR) is 82.2 cm³/mol. The van der Waals surface area contributed by atoms with Crippen molar-refractivity contribution in [1.29, 1.82) is 0 Å². The summed E-state index contributed by atoms with van der Waals surface area (Å²) in [7, 11) is -2.06. The number of carbonyl (C=O) groups excluding carboxylic acids is 2. The summed E-state index contributed by atoms with van der Waals surface area (Å²) in [5.74, 6) is -4.09. The lowest BCUT2D eigenvalue weighted by atomic mass is 10.0. The van der Waals surface area contributed by atoms with E-state index in [4.69, 9.17) is 5.11 Å². The molecule has 0 aliphatic carbocycles. The number of carboxylic acids is 1. The van der Waals surface area contributed by atoms with Crippen LogP contribution in [0.1, 0.15) is 20.8 Å². The molecule has 2 amide bonds. The van der Waals surface area contributed by atoms with Gasteiger partial charge in [0.05, 0.1) is 11.8 Å². The molecule has 23 heavy (non-hydrogen) atoms. The molecule has 0 aromatic rings. The van der Waals surface area contributed by atoms with Gasteiger partial charge in [-0.05, 0) is 19.9 Å². The van der Waals surface area contributed by atoms with Crippen LogP contribution in [-0.2, 0) is 24.2 Å². The van der Waals surface area contributed by atoms with E-state index in [1.807, 2.05) is 0 Å². The predicted octanol–water partition coefficient (Wildman–Crippen LogP) is -1.60. The van der Waals surface area contributed by atoms with E-state index in [1.165, 1.54) is 0 Å². The molecule has 1 saturated heterocycles. The smallest absolute Gasteiger partial charge is 0.327 e. The molecular formula is C13H23N3O6S. The van der Waals surface area contributed by atoms with Gasteiger partial charge in [-0.25, -0.2) is 13.2 Å². The Morgan fingerprint density at radius 1 is 1.22 bits per heavy atom. The molecule has 1 fully saturated rings. The largest absolute Gasteiger partial charge is 0.480 e. The van der Waals surface area contributed by atoms with E-state index in [0.717, 1.165) is 4.90 Å². The van der Waals surface area contributed by atoms with Crippen molar-refractivity contribution in [3.8, 4) is 0 Å². The number of rotatable bonds is 6. The van der Waals surface area contributed by atoms with Crippen molar-refractivity contribution in [2.75, 3.05) is 18.7 Å². The summed E-state index contributed by atoms with van der Waals surface area (Å²) in [6.45, 7) is 4.98. The number of hydrogen-bond acceptors (Lipinski definition) is 6. The van der Waals surface area contributed by atoms with Gasteiger partial charge in [-0.15, -0.1) is 0 Å². The topological polar surface area (TPSA) is 133 Å². The summed E-state index contributed by atoms with van der Waals surface area (Å²) in [6.07, 6.45) is 0. The van der Waals surface area contributed by atoms with Gasteiger partial charge < -0.3 is 20.6 Å². The molecule has 132 valence electrons. The Kier molecular flexibility index (Phi) is 6.11. The Morgan fingerprint density at radius 3 is 2.22 bits per heavy atom. The maximum atomic E-state index is 12.6. The first-order valence-corrected chi connectivity index (χ1v) is 9.03. The molecule has 1 rings (SSSR count). The quantitative estimate of drug-likeness (QED) is 0.526. The molecule has 0 bridgehead atoms. The molecular weight excluding hydrogens is 326 g/mol. The van der Waals surface area contributed by atoms with Gasteiger partial charge in [-0.1, -0.05) is 13.8 Å². The fourth-order valence-electron chi connectivity index (χ4n) is 2.21. The molecule has 1 aliphatic heterocycles. The van der Waals surface area contributed by atoms with Crippen molar-refractivity contribution in [3.05, 3.63) is 0 Å². The molecule has 3 atom stereocenters. The minimum atomic E-state index is -3.64. The van der Waals surface area contributed by atoms with Crippen LogP contribution in [0.4, 0.5) is 0 Å². The molecule has 0 radical (unpaired) electrons. The van der Waals surface area contributed by atoms with E-state index >= 15 is 0 Å². The summed E-state index contributed by atoms with van der Waals surface area (Å²) >= 11 is 0. The number of carboxylic acid groups (broad SMARTS) is 1. The number of nitrogens with one attached hydrogen (secondary N) is 2. The molecule has 1 heterocycles. The lowest BCUT2D eigenvalue weighted by Crippen LogP contribution is -2.56. The zero-order valence-electron chi connectivity index (χ0n) is 13.6. The molecule has 0 aromatic heterocycles. The standard InChI is InChI=1S/C13H23N3O6S/c1-7(2)10(15-11(17)8(3)14-4)12(18)16-6-23(21,22)5-9(16)13(19)20/h7-10,14H,5-6H2,1-4H3,(H,15,17)(H,19,20). The van der Waals surface area contributed by atoms with Gasteiger partial charge in [0.25, 0.3) is 0 Å². The number of nitrogens with zero attached hydrogens (tertiary/aromatic N) is 1. The van der Waals surface area contributed by atoms with Crippen LogP contribution >= 0.6 is 0 Å². The SMILES string of the molecule is CNC(C)C(=O)NC(C(=O)N1CS(=O)(=O)CC1C(=O)O)C(C)C. The van der Waals surface area contributed by atoms with Gasteiger partial charge in [-0.3, -0.25) is 9.59 Å². The van der Waals surface area contributed by atoms with Crippen molar-refractivity contribution in [1.82, 2.24) is 15.5 Å². The summed E-state index contributed by atoms with van der Waals surface area (Å²) in [5, 5.41) is 14.4. The molecule has 1 aliphatic rings. The van der Waals surface area contributed by atoms with Crippen molar-refractivity contribution >= 4 is 27.6 Å². The van der Waals surface area contributed by atoms with E-state index in [1.54, 1.807) is 27.8 Å². The Labute approximate surface area is 135 Å². The number of hydrogen-bond donors (Lipinski definition) is 3. The third kappa shape index (κ3) is 4.64. The normalized spacial score (nSPS) is 22.7.